The van der Waals surface area contributed by atoms with Gasteiger partial charge in [-0.1, -0.05) is 6.92 Å². The molecule has 1 rings (SSSR count). The molecule has 1 fully saturated rings. The van der Waals surface area contributed by atoms with Crippen LogP contribution in [0.15, 0.2) is 0 Å². The number of nitrogens with zero attached hydrogens (tertiary/aromatic N) is 1. The Bertz CT molecular complexity index is 270. The summed E-state index contributed by atoms with van der Waals surface area (Å²) >= 11 is 0. The fourth-order valence-electron chi connectivity index (χ4n) is 3.03. The number of likely N-dealkylation sites (N-methyl/N-ethyl adjacent to an activating group) is 1. The molecule has 0 aromatic heterocycles. The zero-order valence-corrected chi connectivity index (χ0v) is 12.0. The standard InChI is InChI=1S/C15H28N2/c1-5-7-8-11-14(16-4)15(3,6-2)17-12-9-10-13-17/h14,16H,6,8-13H2,1-4H3. The summed E-state index contributed by atoms with van der Waals surface area (Å²) in [5.41, 5.74) is 0.292. The summed E-state index contributed by atoms with van der Waals surface area (Å²) < 4.78 is 0. The molecule has 1 aliphatic heterocycles. The second kappa shape index (κ2) is 7.03. The number of likely N-dealkylation sites (tertiary alicyclic amines) is 1. The van der Waals surface area contributed by atoms with Gasteiger partial charge in [0.15, 0.2) is 0 Å². The first-order chi connectivity index (χ1) is 8.19. The molecular weight excluding hydrogens is 208 g/mol. The monoisotopic (exact) mass is 236 g/mol. The largest absolute Gasteiger partial charge is 0.315 e. The van der Waals surface area contributed by atoms with E-state index >= 15 is 0 Å². The summed E-state index contributed by atoms with van der Waals surface area (Å²) in [6.45, 7) is 9.19. The van der Waals surface area contributed by atoms with Crippen molar-refractivity contribution in [2.75, 3.05) is 20.1 Å². The highest BCUT2D eigenvalue weighted by atomic mass is 15.2. The highest BCUT2D eigenvalue weighted by Gasteiger charge is 2.38. The van der Waals surface area contributed by atoms with E-state index in [1.165, 1.54) is 32.4 Å². The third kappa shape index (κ3) is 3.47. The van der Waals surface area contributed by atoms with Crippen LogP contribution in [0.1, 0.15) is 52.9 Å². The Labute approximate surface area is 107 Å². The molecule has 98 valence electrons. The van der Waals surface area contributed by atoms with Crippen LogP contribution in [0.2, 0.25) is 0 Å². The van der Waals surface area contributed by atoms with Gasteiger partial charge in [0.1, 0.15) is 0 Å². The van der Waals surface area contributed by atoms with Crippen LogP contribution in [0, 0.1) is 11.8 Å². The molecule has 0 aromatic carbocycles. The van der Waals surface area contributed by atoms with Crippen molar-refractivity contribution in [3.05, 3.63) is 0 Å². The number of hydrogen-bond donors (Lipinski definition) is 1. The predicted molar refractivity (Wildman–Crippen MR) is 75.0 cm³/mol. The third-order valence-electron chi connectivity index (χ3n) is 4.38. The molecule has 0 amide bonds. The third-order valence-corrected chi connectivity index (χ3v) is 4.38. The van der Waals surface area contributed by atoms with Crippen molar-refractivity contribution in [1.82, 2.24) is 10.2 Å². The van der Waals surface area contributed by atoms with E-state index in [9.17, 15) is 0 Å². The average Bonchev–Trinajstić information content (AvgIpc) is 2.88. The van der Waals surface area contributed by atoms with Crippen molar-refractivity contribution < 1.29 is 0 Å². The number of hydrogen-bond acceptors (Lipinski definition) is 2. The lowest BCUT2D eigenvalue weighted by Crippen LogP contribution is -2.57. The van der Waals surface area contributed by atoms with Crippen LogP contribution in [0.4, 0.5) is 0 Å². The molecule has 2 atom stereocenters. The summed E-state index contributed by atoms with van der Waals surface area (Å²) in [6, 6.07) is 0.548. The molecule has 0 bridgehead atoms. The van der Waals surface area contributed by atoms with E-state index < -0.39 is 0 Å². The summed E-state index contributed by atoms with van der Waals surface area (Å²) in [4.78, 5) is 2.67. The molecule has 0 aliphatic carbocycles. The fraction of sp³-hybridized carbons (Fsp3) is 0.867. The normalized spacial score (nSPS) is 21.6. The van der Waals surface area contributed by atoms with Crippen molar-refractivity contribution in [3.63, 3.8) is 0 Å². The van der Waals surface area contributed by atoms with E-state index in [-0.39, 0.29) is 0 Å². The zero-order valence-electron chi connectivity index (χ0n) is 12.0. The van der Waals surface area contributed by atoms with Crippen LogP contribution in [0.3, 0.4) is 0 Å². The maximum Gasteiger partial charge on any atom is 0.0331 e. The van der Waals surface area contributed by atoms with E-state index in [2.05, 4.69) is 43.0 Å². The Morgan fingerprint density at radius 2 is 2.00 bits per heavy atom. The second-order valence-electron chi connectivity index (χ2n) is 5.21. The van der Waals surface area contributed by atoms with Gasteiger partial charge in [0, 0.05) is 18.0 Å². The number of nitrogens with one attached hydrogen (secondary N) is 1. The molecule has 0 spiro atoms. The van der Waals surface area contributed by atoms with Gasteiger partial charge in [-0.2, -0.15) is 0 Å². The number of rotatable bonds is 6. The molecule has 1 aliphatic rings. The fourth-order valence-corrected chi connectivity index (χ4v) is 3.03. The Morgan fingerprint density at radius 3 is 2.47 bits per heavy atom. The topological polar surface area (TPSA) is 15.3 Å². The van der Waals surface area contributed by atoms with E-state index in [1.807, 2.05) is 6.92 Å². The van der Waals surface area contributed by atoms with Gasteiger partial charge in [0.2, 0.25) is 0 Å². The molecule has 2 heteroatoms. The summed E-state index contributed by atoms with van der Waals surface area (Å²) in [7, 11) is 2.09. The van der Waals surface area contributed by atoms with Gasteiger partial charge in [-0.05, 0) is 59.7 Å². The lowest BCUT2D eigenvalue weighted by atomic mass is 9.85. The van der Waals surface area contributed by atoms with Gasteiger partial charge in [0.05, 0.1) is 0 Å². The predicted octanol–water partition coefficient (Wildman–Crippen LogP) is 2.64. The van der Waals surface area contributed by atoms with Gasteiger partial charge >= 0.3 is 0 Å². The van der Waals surface area contributed by atoms with Crippen molar-refractivity contribution in [2.45, 2.75) is 64.5 Å². The lowest BCUT2D eigenvalue weighted by molar-refractivity contribution is 0.0843. The van der Waals surface area contributed by atoms with E-state index in [0.717, 1.165) is 12.8 Å². The highest BCUT2D eigenvalue weighted by Crippen LogP contribution is 2.29. The Balaban J connectivity index is 2.67. The first-order valence-electron chi connectivity index (χ1n) is 7.01. The Morgan fingerprint density at radius 1 is 1.35 bits per heavy atom. The Kier molecular flexibility index (Phi) is 6.02. The minimum atomic E-state index is 0.292. The van der Waals surface area contributed by atoms with Crippen LogP contribution in [-0.2, 0) is 0 Å². The van der Waals surface area contributed by atoms with E-state index in [0.29, 0.717) is 11.6 Å². The molecule has 17 heavy (non-hydrogen) atoms. The quantitative estimate of drug-likeness (QED) is 0.713. The van der Waals surface area contributed by atoms with Gasteiger partial charge in [-0.3, -0.25) is 4.90 Å². The molecule has 1 N–H and O–H groups in total. The van der Waals surface area contributed by atoms with Crippen LogP contribution >= 0.6 is 0 Å². The minimum Gasteiger partial charge on any atom is -0.315 e. The molecule has 0 aromatic rings. The van der Waals surface area contributed by atoms with Crippen molar-refractivity contribution >= 4 is 0 Å². The SMILES string of the molecule is CC#CCCC(NC)C(C)(CC)N1CCCC1. The lowest BCUT2D eigenvalue weighted by Gasteiger charge is -2.44. The first kappa shape index (κ1) is 14.5. The Hall–Kier alpha value is -0.520. The average molecular weight is 236 g/mol. The first-order valence-corrected chi connectivity index (χ1v) is 7.01. The van der Waals surface area contributed by atoms with Crippen molar-refractivity contribution in [3.8, 4) is 11.8 Å². The van der Waals surface area contributed by atoms with Crippen molar-refractivity contribution in [2.24, 2.45) is 0 Å². The zero-order chi connectivity index (χ0) is 12.7. The summed E-state index contributed by atoms with van der Waals surface area (Å²) in [5, 5.41) is 3.52. The van der Waals surface area contributed by atoms with Gasteiger partial charge in [0.25, 0.3) is 0 Å². The molecule has 2 unspecified atom stereocenters. The molecule has 2 nitrogen and oxygen atoms in total. The smallest absolute Gasteiger partial charge is 0.0331 e. The molecule has 0 saturated carbocycles. The van der Waals surface area contributed by atoms with Crippen LogP contribution in [-0.4, -0.2) is 36.6 Å². The maximum absolute atomic E-state index is 3.52. The van der Waals surface area contributed by atoms with Gasteiger partial charge in [-0.25, -0.2) is 0 Å². The van der Waals surface area contributed by atoms with E-state index in [4.69, 9.17) is 0 Å². The van der Waals surface area contributed by atoms with Crippen LogP contribution in [0.25, 0.3) is 0 Å². The molecular formula is C15H28N2. The summed E-state index contributed by atoms with van der Waals surface area (Å²) in [6.07, 6.45) is 6.09. The minimum absolute atomic E-state index is 0.292. The summed E-state index contributed by atoms with van der Waals surface area (Å²) in [5.74, 6) is 6.19. The van der Waals surface area contributed by atoms with Crippen molar-refractivity contribution in [1.29, 1.82) is 0 Å². The molecule has 0 radical (unpaired) electrons. The van der Waals surface area contributed by atoms with Crippen LogP contribution < -0.4 is 5.32 Å². The maximum atomic E-state index is 3.52. The molecule has 1 heterocycles. The van der Waals surface area contributed by atoms with Crippen LogP contribution in [0.5, 0.6) is 0 Å². The molecule has 1 saturated heterocycles. The highest BCUT2D eigenvalue weighted by molar-refractivity contribution is 5.01. The second-order valence-corrected chi connectivity index (χ2v) is 5.21. The van der Waals surface area contributed by atoms with E-state index in [1.54, 1.807) is 0 Å². The van der Waals surface area contributed by atoms with Gasteiger partial charge < -0.3 is 5.32 Å². The van der Waals surface area contributed by atoms with Gasteiger partial charge in [-0.15, -0.1) is 11.8 Å².